The maximum absolute atomic E-state index is 6.88. The molecule has 0 unspecified atom stereocenters. The van der Waals surface area contributed by atoms with Crippen molar-refractivity contribution < 1.29 is 2.74 Å². The molecule has 0 aliphatic heterocycles. The lowest BCUT2D eigenvalue weighted by Crippen LogP contribution is -1.96. The average Bonchev–Trinajstić information content (AvgIpc) is 1.59. The summed E-state index contributed by atoms with van der Waals surface area (Å²) in [4.78, 5) is 0. The van der Waals surface area contributed by atoms with Crippen molar-refractivity contribution in [1.82, 2.24) is 0 Å². The molecule has 0 bridgehead atoms. The summed E-state index contributed by atoms with van der Waals surface area (Å²) >= 11 is 0. The predicted octanol–water partition coefficient (Wildman–Crippen LogP) is 1.14. The Morgan fingerprint density at radius 2 is 2.33 bits per heavy atom. The van der Waals surface area contributed by atoms with Gasteiger partial charge in [-0.1, -0.05) is 19.8 Å². The van der Waals surface area contributed by atoms with Crippen LogP contribution in [0, 0.1) is 0 Å². The van der Waals surface area contributed by atoms with Crippen molar-refractivity contribution in [1.29, 1.82) is 0 Å². The van der Waals surface area contributed by atoms with Crippen LogP contribution in [0.1, 0.15) is 28.9 Å². The zero-order chi connectivity index (χ0) is 6.62. The molecule has 0 rings (SSSR count). The summed E-state index contributed by atoms with van der Waals surface area (Å²) < 4.78 is 13.8. The second-order valence-corrected chi connectivity index (χ2v) is 1.31. The zero-order valence-corrected chi connectivity index (χ0v) is 4.20. The first-order valence-electron chi connectivity index (χ1n) is 3.35. The van der Waals surface area contributed by atoms with Crippen molar-refractivity contribution in [3.8, 4) is 0 Å². The third-order valence-corrected chi connectivity index (χ3v) is 0.675. The molecule has 38 valence electrons. The molecule has 0 aromatic rings. The quantitative estimate of drug-likeness (QED) is 0.551. The van der Waals surface area contributed by atoms with E-state index in [0.717, 1.165) is 12.8 Å². The fraction of sp³-hybridized carbons (Fsp3) is 1.00. The van der Waals surface area contributed by atoms with E-state index in [1.807, 2.05) is 6.92 Å². The van der Waals surface area contributed by atoms with Crippen LogP contribution in [-0.4, -0.2) is 6.50 Å². The van der Waals surface area contributed by atoms with Gasteiger partial charge in [0.1, 0.15) is 0 Å². The SMILES string of the molecule is [2H]C([2H])(N)CCCC. The summed E-state index contributed by atoms with van der Waals surface area (Å²) in [6, 6.07) is 0. The lowest BCUT2D eigenvalue weighted by Gasteiger charge is -1.86. The lowest BCUT2D eigenvalue weighted by molar-refractivity contribution is 0.727. The van der Waals surface area contributed by atoms with E-state index in [2.05, 4.69) is 0 Å². The molecule has 6 heavy (non-hydrogen) atoms. The lowest BCUT2D eigenvalue weighted by atomic mass is 10.3. The third kappa shape index (κ3) is 3.96. The molecule has 0 aliphatic rings. The standard InChI is InChI=1S/C5H13N/c1-2-3-4-5-6/h2-6H2,1H3/i5D2. The van der Waals surface area contributed by atoms with E-state index >= 15 is 0 Å². The van der Waals surface area contributed by atoms with Crippen LogP contribution in [-0.2, 0) is 0 Å². The molecule has 0 saturated carbocycles. The largest absolute Gasteiger partial charge is 0.330 e. The Morgan fingerprint density at radius 1 is 1.67 bits per heavy atom. The first kappa shape index (κ1) is 3.03. The monoisotopic (exact) mass is 89.1 g/mol. The molecule has 0 atom stereocenters. The molecule has 1 heteroatoms. The zero-order valence-electron chi connectivity index (χ0n) is 6.20. The van der Waals surface area contributed by atoms with Gasteiger partial charge in [-0.25, -0.2) is 0 Å². The van der Waals surface area contributed by atoms with E-state index in [0.29, 0.717) is 6.42 Å². The van der Waals surface area contributed by atoms with Crippen molar-refractivity contribution in [3.05, 3.63) is 0 Å². The Balaban J connectivity index is 3.11. The highest BCUT2D eigenvalue weighted by molar-refractivity contribution is 4.34. The molecule has 0 aliphatic carbocycles. The Labute approximate surface area is 42.3 Å². The van der Waals surface area contributed by atoms with Gasteiger partial charge in [0.2, 0.25) is 0 Å². The van der Waals surface area contributed by atoms with Gasteiger partial charge < -0.3 is 5.73 Å². The Morgan fingerprint density at radius 3 is 2.50 bits per heavy atom. The first-order chi connectivity index (χ1) is 3.56. The van der Waals surface area contributed by atoms with Gasteiger partial charge in [0.05, 0.1) is 0 Å². The van der Waals surface area contributed by atoms with Crippen molar-refractivity contribution in [2.75, 3.05) is 6.50 Å². The van der Waals surface area contributed by atoms with Crippen LogP contribution in [0.5, 0.6) is 0 Å². The van der Waals surface area contributed by atoms with E-state index < -0.39 is 6.50 Å². The molecule has 0 heterocycles. The van der Waals surface area contributed by atoms with Crippen LogP contribution < -0.4 is 5.73 Å². The van der Waals surface area contributed by atoms with Gasteiger partial charge in [-0.3, -0.25) is 0 Å². The smallest absolute Gasteiger partial charge is 0.0425 e. The number of unbranched alkanes of at least 4 members (excludes halogenated alkanes) is 1. The van der Waals surface area contributed by atoms with Crippen molar-refractivity contribution >= 4 is 0 Å². The van der Waals surface area contributed by atoms with Crippen molar-refractivity contribution in [2.24, 2.45) is 5.73 Å². The van der Waals surface area contributed by atoms with Crippen molar-refractivity contribution in [3.63, 3.8) is 0 Å². The summed E-state index contributed by atoms with van der Waals surface area (Å²) in [5.74, 6) is 0. The number of hydrogen-bond donors (Lipinski definition) is 1. The van der Waals surface area contributed by atoms with Crippen LogP contribution in [0.15, 0.2) is 0 Å². The summed E-state index contributed by atoms with van der Waals surface area (Å²) in [6.07, 6.45) is 2.36. The molecule has 0 fully saturated rings. The minimum atomic E-state index is -1.45. The first-order valence-corrected chi connectivity index (χ1v) is 2.35. The molecule has 2 N–H and O–H groups in total. The number of hydrogen-bond acceptors (Lipinski definition) is 1. The van der Waals surface area contributed by atoms with Gasteiger partial charge in [0.25, 0.3) is 0 Å². The molecule has 0 amide bonds. The van der Waals surface area contributed by atoms with Gasteiger partial charge in [-0.05, 0) is 12.9 Å². The maximum Gasteiger partial charge on any atom is 0.0425 e. The second-order valence-electron chi connectivity index (χ2n) is 1.31. The summed E-state index contributed by atoms with van der Waals surface area (Å²) in [6.45, 7) is 0.571. The second kappa shape index (κ2) is 4.96. The number of nitrogens with two attached hydrogens (primary N) is 1. The molecule has 0 spiro atoms. The van der Waals surface area contributed by atoms with Crippen LogP contribution >= 0.6 is 0 Å². The highest BCUT2D eigenvalue weighted by Gasteiger charge is 1.75. The maximum atomic E-state index is 6.88. The van der Waals surface area contributed by atoms with Crippen LogP contribution in [0.2, 0.25) is 0 Å². The Hall–Kier alpha value is -0.0400. The van der Waals surface area contributed by atoms with Gasteiger partial charge in [0, 0.05) is 2.74 Å². The van der Waals surface area contributed by atoms with Gasteiger partial charge in [-0.15, -0.1) is 0 Å². The van der Waals surface area contributed by atoms with E-state index in [-0.39, 0.29) is 0 Å². The van der Waals surface area contributed by atoms with E-state index in [1.54, 1.807) is 0 Å². The molecular weight excluding hydrogens is 74.1 g/mol. The molecular formula is C5H13N. The fourth-order valence-electron chi connectivity index (χ4n) is 0.279. The highest BCUT2D eigenvalue weighted by atomic mass is 14.5. The average molecular weight is 89.2 g/mol. The third-order valence-electron chi connectivity index (χ3n) is 0.675. The van der Waals surface area contributed by atoms with Gasteiger partial charge in [-0.2, -0.15) is 0 Å². The predicted molar refractivity (Wildman–Crippen MR) is 28.6 cm³/mol. The fourth-order valence-corrected chi connectivity index (χ4v) is 0.279. The minimum absolute atomic E-state index is 0.476. The van der Waals surface area contributed by atoms with E-state index in [1.165, 1.54) is 0 Å². The summed E-state index contributed by atoms with van der Waals surface area (Å²) in [7, 11) is 0. The van der Waals surface area contributed by atoms with Crippen LogP contribution in [0.25, 0.3) is 0 Å². The Kier molecular flexibility index (Phi) is 2.50. The normalized spacial score (nSPS) is 16.3. The molecule has 1 nitrogen and oxygen atoms in total. The van der Waals surface area contributed by atoms with Gasteiger partial charge >= 0.3 is 0 Å². The molecule has 0 aromatic heterocycles. The van der Waals surface area contributed by atoms with Crippen LogP contribution in [0.3, 0.4) is 0 Å². The van der Waals surface area contributed by atoms with Crippen LogP contribution in [0.4, 0.5) is 0 Å². The minimum Gasteiger partial charge on any atom is -0.330 e. The highest BCUT2D eigenvalue weighted by Crippen LogP contribution is 1.88. The van der Waals surface area contributed by atoms with E-state index in [4.69, 9.17) is 8.48 Å². The topological polar surface area (TPSA) is 26.0 Å². The summed E-state index contributed by atoms with van der Waals surface area (Å²) in [5.41, 5.74) is 5.05. The van der Waals surface area contributed by atoms with Crippen molar-refractivity contribution in [2.45, 2.75) is 26.2 Å². The number of rotatable bonds is 3. The molecule has 0 saturated heterocycles. The molecule has 0 aromatic carbocycles. The van der Waals surface area contributed by atoms with E-state index in [9.17, 15) is 0 Å². The van der Waals surface area contributed by atoms with Gasteiger partial charge in [0.15, 0.2) is 0 Å². The summed E-state index contributed by atoms with van der Waals surface area (Å²) in [5, 5.41) is 0. The molecule has 0 radical (unpaired) electrons. The Bertz CT molecular complexity index is 57.9.